The number of allylic oxidation sites excluding steroid dienone is 1. The summed E-state index contributed by atoms with van der Waals surface area (Å²) in [4.78, 5) is 17.9. The molecule has 26 heavy (non-hydrogen) atoms. The lowest BCUT2D eigenvalue weighted by Crippen LogP contribution is -2.34. The van der Waals surface area contributed by atoms with Gasteiger partial charge in [-0.05, 0) is 56.5 Å². The summed E-state index contributed by atoms with van der Waals surface area (Å²) in [6.45, 7) is 5.88. The van der Waals surface area contributed by atoms with Gasteiger partial charge in [-0.15, -0.1) is 0 Å². The lowest BCUT2D eigenvalue weighted by atomic mass is 10.1. The highest BCUT2D eigenvalue weighted by atomic mass is 16.6. The molecule has 0 aliphatic heterocycles. The summed E-state index contributed by atoms with van der Waals surface area (Å²) in [5.74, 6) is 1.47. The van der Waals surface area contributed by atoms with Gasteiger partial charge in [0.25, 0.3) is 0 Å². The Bertz CT molecular complexity index is 837. The maximum absolute atomic E-state index is 12.1. The Balaban J connectivity index is 1.66. The van der Waals surface area contributed by atoms with Crippen molar-refractivity contribution < 1.29 is 14.3 Å². The minimum atomic E-state index is -0.522. The van der Waals surface area contributed by atoms with E-state index in [1.165, 1.54) is 16.0 Å². The lowest BCUT2D eigenvalue weighted by molar-refractivity contribution is 0.0283. The molecule has 0 radical (unpaired) electrons. The van der Waals surface area contributed by atoms with Crippen LogP contribution in [-0.2, 0) is 17.7 Å². The minimum Gasteiger partial charge on any atom is -0.457 e. The second-order valence-corrected chi connectivity index (χ2v) is 7.39. The number of nitrogens with zero attached hydrogens (tertiary/aromatic N) is 2. The van der Waals surface area contributed by atoms with Crippen molar-refractivity contribution in [2.45, 2.75) is 39.3 Å². The summed E-state index contributed by atoms with van der Waals surface area (Å²) < 4.78 is 11.3. The van der Waals surface area contributed by atoms with Gasteiger partial charge in [0.1, 0.15) is 17.1 Å². The van der Waals surface area contributed by atoms with Gasteiger partial charge >= 0.3 is 6.09 Å². The molecule has 0 unspecified atom stereocenters. The molecule has 5 heteroatoms. The first-order chi connectivity index (χ1) is 12.3. The normalized spacial score (nSPS) is 12.6. The van der Waals surface area contributed by atoms with Gasteiger partial charge in [-0.2, -0.15) is 0 Å². The van der Waals surface area contributed by atoms with E-state index >= 15 is 0 Å². The van der Waals surface area contributed by atoms with Crippen molar-refractivity contribution in [1.82, 2.24) is 9.88 Å². The summed E-state index contributed by atoms with van der Waals surface area (Å²) in [6, 6.07) is 9.73. The van der Waals surface area contributed by atoms with E-state index in [4.69, 9.17) is 9.47 Å². The Hall–Kier alpha value is -2.82. The molecule has 136 valence electrons. The molecule has 1 aliphatic rings. The molecule has 1 aromatic carbocycles. The highest BCUT2D eigenvalue weighted by Gasteiger charge is 2.20. The summed E-state index contributed by atoms with van der Waals surface area (Å²) in [7, 11) is 1.69. The Morgan fingerprint density at radius 2 is 1.96 bits per heavy atom. The van der Waals surface area contributed by atoms with E-state index in [-0.39, 0.29) is 6.09 Å². The number of ether oxygens (including phenoxy) is 2. The number of hydrogen-bond donors (Lipinski definition) is 0. The first kappa shape index (κ1) is 18.0. The monoisotopic (exact) mass is 352 g/mol. The summed E-state index contributed by atoms with van der Waals surface area (Å²) in [6.07, 6.45) is 6.53. The maximum Gasteiger partial charge on any atom is 0.410 e. The van der Waals surface area contributed by atoms with E-state index in [2.05, 4.69) is 23.2 Å². The number of benzene rings is 1. The van der Waals surface area contributed by atoms with Crippen LogP contribution in [0.1, 0.15) is 37.6 Å². The van der Waals surface area contributed by atoms with Crippen molar-refractivity contribution in [3.8, 4) is 11.5 Å². The molecule has 0 saturated heterocycles. The molecule has 0 bridgehead atoms. The Labute approximate surface area is 154 Å². The molecule has 0 spiro atoms. The first-order valence-corrected chi connectivity index (χ1v) is 8.66. The van der Waals surface area contributed by atoms with E-state index in [1.54, 1.807) is 19.3 Å². The number of rotatable bonds is 4. The van der Waals surface area contributed by atoms with E-state index in [9.17, 15) is 4.79 Å². The van der Waals surface area contributed by atoms with E-state index in [0.29, 0.717) is 12.3 Å². The van der Waals surface area contributed by atoms with Gasteiger partial charge in [0.15, 0.2) is 0 Å². The maximum atomic E-state index is 12.1. The molecule has 0 saturated carbocycles. The molecular formula is C21H24N2O3. The molecule has 0 N–H and O–H groups in total. The van der Waals surface area contributed by atoms with Crippen LogP contribution in [0.15, 0.2) is 42.6 Å². The van der Waals surface area contributed by atoms with Crippen molar-refractivity contribution in [3.63, 3.8) is 0 Å². The van der Waals surface area contributed by atoms with Crippen LogP contribution in [0.4, 0.5) is 4.79 Å². The fraction of sp³-hybridized carbons (Fsp3) is 0.333. The zero-order valence-corrected chi connectivity index (χ0v) is 15.7. The van der Waals surface area contributed by atoms with Crippen LogP contribution in [0.25, 0.3) is 6.08 Å². The molecule has 0 fully saturated rings. The average molecular weight is 352 g/mol. The topological polar surface area (TPSA) is 51.7 Å². The molecule has 1 aromatic heterocycles. The second kappa shape index (κ2) is 7.20. The number of aromatic nitrogens is 1. The summed E-state index contributed by atoms with van der Waals surface area (Å²) in [5.41, 5.74) is 2.72. The fourth-order valence-electron chi connectivity index (χ4n) is 2.68. The van der Waals surface area contributed by atoms with E-state index in [0.717, 1.165) is 17.9 Å². The van der Waals surface area contributed by atoms with Gasteiger partial charge < -0.3 is 14.4 Å². The quantitative estimate of drug-likeness (QED) is 0.792. The molecule has 2 aromatic rings. The second-order valence-electron chi connectivity index (χ2n) is 7.39. The molecule has 1 aliphatic carbocycles. The average Bonchev–Trinajstić information content (AvgIpc) is 3.01. The predicted molar refractivity (Wildman–Crippen MR) is 101 cm³/mol. The zero-order chi connectivity index (χ0) is 18.7. The van der Waals surface area contributed by atoms with Crippen molar-refractivity contribution >= 4 is 12.2 Å². The summed E-state index contributed by atoms with van der Waals surface area (Å²) in [5, 5.41) is 0. The number of amides is 1. The van der Waals surface area contributed by atoms with Crippen molar-refractivity contribution in [1.29, 1.82) is 0 Å². The first-order valence-electron chi connectivity index (χ1n) is 8.66. The zero-order valence-electron chi connectivity index (χ0n) is 15.7. The standard InChI is InChI=1S/C21H24N2O3/c1-21(2,3)26-20(24)23(4)14-17-13-19(10-11-22-17)25-18-9-8-15-6-5-7-16(15)12-18/h5,7-13H,6,14H2,1-4H3. The van der Waals surface area contributed by atoms with Gasteiger partial charge in [0.05, 0.1) is 12.2 Å². The van der Waals surface area contributed by atoms with Crippen LogP contribution in [0.3, 0.4) is 0 Å². The Morgan fingerprint density at radius 1 is 1.19 bits per heavy atom. The molecule has 1 amide bonds. The highest BCUT2D eigenvalue weighted by molar-refractivity contribution is 5.67. The van der Waals surface area contributed by atoms with Gasteiger partial charge in [-0.25, -0.2) is 4.79 Å². The van der Waals surface area contributed by atoms with E-state index < -0.39 is 5.60 Å². The molecule has 5 nitrogen and oxygen atoms in total. The van der Waals surface area contributed by atoms with Crippen LogP contribution >= 0.6 is 0 Å². The number of carbonyl (C=O) groups is 1. The SMILES string of the molecule is CN(Cc1cc(Oc2ccc3c(c2)C=CC3)ccn1)C(=O)OC(C)(C)C. The minimum absolute atomic E-state index is 0.346. The highest BCUT2D eigenvalue weighted by Crippen LogP contribution is 2.28. The Kier molecular flexibility index (Phi) is 4.98. The molecule has 3 rings (SSSR count). The third kappa shape index (κ3) is 4.63. The van der Waals surface area contributed by atoms with Crippen LogP contribution < -0.4 is 4.74 Å². The van der Waals surface area contributed by atoms with Gasteiger partial charge in [-0.3, -0.25) is 4.98 Å². The van der Waals surface area contributed by atoms with Gasteiger partial charge in [0, 0.05) is 19.3 Å². The number of fused-ring (bicyclic) bond motifs is 1. The van der Waals surface area contributed by atoms with Gasteiger partial charge in [-0.1, -0.05) is 18.2 Å². The lowest BCUT2D eigenvalue weighted by Gasteiger charge is -2.24. The van der Waals surface area contributed by atoms with Crippen LogP contribution in [-0.4, -0.2) is 28.6 Å². The van der Waals surface area contributed by atoms with Crippen LogP contribution in [0, 0.1) is 0 Å². The third-order valence-electron chi connectivity index (χ3n) is 3.88. The van der Waals surface area contributed by atoms with Crippen LogP contribution in [0.5, 0.6) is 11.5 Å². The predicted octanol–water partition coefficient (Wildman–Crippen LogP) is 4.81. The summed E-state index contributed by atoms with van der Waals surface area (Å²) >= 11 is 0. The third-order valence-corrected chi connectivity index (χ3v) is 3.88. The molecule has 1 heterocycles. The molecule has 0 atom stereocenters. The van der Waals surface area contributed by atoms with Crippen LogP contribution in [0.2, 0.25) is 0 Å². The number of hydrogen-bond acceptors (Lipinski definition) is 4. The molecular weight excluding hydrogens is 328 g/mol. The van der Waals surface area contributed by atoms with E-state index in [1.807, 2.05) is 39.0 Å². The largest absolute Gasteiger partial charge is 0.457 e. The van der Waals surface area contributed by atoms with Crippen molar-refractivity contribution in [3.05, 3.63) is 59.4 Å². The number of carbonyl (C=O) groups excluding carboxylic acids is 1. The van der Waals surface area contributed by atoms with Crippen molar-refractivity contribution in [2.24, 2.45) is 0 Å². The van der Waals surface area contributed by atoms with Crippen molar-refractivity contribution in [2.75, 3.05) is 7.05 Å². The van der Waals surface area contributed by atoms with Gasteiger partial charge in [0.2, 0.25) is 0 Å². The smallest absolute Gasteiger partial charge is 0.410 e. The fourth-order valence-corrected chi connectivity index (χ4v) is 2.68. The Morgan fingerprint density at radius 3 is 2.73 bits per heavy atom. The number of pyridine rings is 1.